The van der Waals surface area contributed by atoms with E-state index < -0.39 is 0 Å². The highest BCUT2D eigenvalue weighted by Gasteiger charge is 2.17. The molecule has 0 saturated carbocycles. The van der Waals surface area contributed by atoms with Gasteiger partial charge in [0.2, 0.25) is 11.1 Å². The zero-order valence-corrected chi connectivity index (χ0v) is 16.1. The quantitative estimate of drug-likeness (QED) is 0.620. The zero-order chi connectivity index (χ0) is 18.7. The van der Waals surface area contributed by atoms with Gasteiger partial charge >= 0.3 is 0 Å². The number of rotatable bonds is 6. The normalized spacial score (nSPS) is 10.9. The Morgan fingerprint density at radius 3 is 2.58 bits per heavy atom. The summed E-state index contributed by atoms with van der Waals surface area (Å²) in [6.45, 7) is 6.36. The van der Waals surface area contributed by atoms with Gasteiger partial charge in [0, 0.05) is 7.05 Å². The second-order valence-electron chi connectivity index (χ2n) is 6.16. The van der Waals surface area contributed by atoms with Crippen LogP contribution in [0.2, 0.25) is 0 Å². The third-order valence-electron chi connectivity index (χ3n) is 4.03. The SMILES string of the molecule is Cc1ccc(CN(C)C(=O)CSc2nnnn2-c2c(C)cccc2C)o1. The Bertz CT molecular complexity index is 898. The van der Waals surface area contributed by atoms with E-state index in [4.69, 9.17) is 4.42 Å². The molecule has 0 bridgehead atoms. The van der Waals surface area contributed by atoms with Crippen molar-refractivity contribution in [2.75, 3.05) is 12.8 Å². The van der Waals surface area contributed by atoms with Crippen LogP contribution in [-0.4, -0.2) is 43.8 Å². The number of tetrazole rings is 1. The van der Waals surface area contributed by atoms with Crippen molar-refractivity contribution >= 4 is 17.7 Å². The Morgan fingerprint density at radius 1 is 1.19 bits per heavy atom. The van der Waals surface area contributed by atoms with Gasteiger partial charge in [-0.3, -0.25) is 4.79 Å². The number of thioether (sulfide) groups is 1. The van der Waals surface area contributed by atoms with Gasteiger partial charge in [0.1, 0.15) is 11.5 Å². The van der Waals surface area contributed by atoms with Crippen LogP contribution >= 0.6 is 11.8 Å². The largest absolute Gasteiger partial charge is 0.464 e. The number of nitrogens with zero attached hydrogens (tertiary/aromatic N) is 5. The fourth-order valence-electron chi connectivity index (χ4n) is 2.68. The third-order valence-corrected chi connectivity index (χ3v) is 4.94. The molecule has 0 spiro atoms. The summed E-state index contributed by atoms with van der Waals surface area (Å²) in [5.74, 6) is 1.84. The lowest BCUT2D eigenvalue weighted by Gasteiger charge is -2.15. The van der Waals surface area contributed by atoms with Gasteiger partial charge in [0.25, 0.3) is 0 Å². The third kappa shape index (κ3) is 3.96. The van der Waals surface area contributed by atoms with E-state index in [2.05, 4.69) is 15.5 Å². The Labute approximate surface area is 156 Å². The number of para-hydroxylation sites is 1. The topological polar surface area (TPSA) is 77.1 Å². The van der Waals surface area contributed by atoms with Crippen molar-refractivity contribution in [3.05, 3.63) is 53.0 Å². The summed E-state index contributed by atoms with van der Waals surface area (Å²) in [4.78, 5) is 14.1. The number of carbonyl (C=O) groups is 1. The Hall–Kier alpha value is -2.61. The van der Waals surface area contributed by atoms with Crippen molar-refractivity contribution < 1.29 is 9.21 Å². The van der Waals surface area contributed by atoms with E-state index in [1.165, 1.54) is 11.8 Å². The molecule has 2 aromatic heterocycles. The molecular formula is C18H21N5O2S. The minimum atomic E-state index is -0.0138. The van der Waals surface area contributed by atoms with Crippen molar-refractivity contribution in [3.63, 3.8) is 0 Å². The van der Waals surface area contributed by atoms with Gasteiger partial charge in [-0.05, 0) is 54.5 Å². The average Bonchev–Trinajstić information content (AvgIpc) is 3.21. The van der Waals surface area contributed by atoms with E-state index >= 15 is 0 Å². The smallest absolute Gasteiger partial charge is 0.233 e. The van der Waals surface area contributed by atoms with Crippen LogP contribution in [0.4, 0.5) is 0 Å². The molecule has 0 aliphatic heterocycles. The highest BCUT2D eigenvalue weighted by molar-refractivity contribution is 7.99. The molecular weight excluding hydrogens is 350 g/mol. The monoisotopic (exact) mass is 371 g/mol. The van der Waals surface area contributed by atoms with E-state index in [0.29, 0.717) is 11.7 Å². The summed E-state index contributed by atoms with van der Waals surface area (Å²) in [5.41, 5.74) is 3.11. The van der Waals surface area contributed by atoms with Crippen LogP contribution in [0.25, 0.3) is 5.69 Å². The van der Waals surface area contributed by atoms with Gasteiger partial charge in [-0.1, -0.05) is 30.0 Å². The lowest BCUT2D eigenvalue weighted by Crippen LogP contribution is -2.27. The molecule has 0 N–H and O–H groups in total. The maximum Gasteiger partial charge on any atom is 0.233 e. The number of hydrogen-bond donors (Lipinski definition) is 0. The first-order valence-electron chi connectivity index (χ1n) is 8.22. The van der Waals surface area contributed by atoms with Crippen LogP contribution in [0.5, 0.6) is 0 Å². The maximum atomic E-state index is 12.4. The highest BCUT2D eigenvalue weighted by Crippen LogP contribution is 2.23. The predicted octanol–water partition coefficient (Wildman–Crippen LogP) is 2.93. The van der Waals surface area contributed by atoms with Crippen LogP contribution in [0.1, 0.15) is 22.6 Å². The van der Waals surface area contributed by atoms with Crippen LogP contribution in [-0.2, 0) is 11.3 Å². The minimum Gasteiger partial charge on any atom is -0.464 e. The van der Waals surface area contributed by atoms with E-state index in [1.807, 2.05) is 51.1 Å². The fourth-order valence-corrected chi connectivity index (χ4v) is 3.49. The Morgan fingerprint density at radius 2 is 1.92 bits per heavy atom. The van der Waals surface area contributed by atoms with E-state index in [0.717, 1.165) is 28.3 Å². The predicted molar refractivity (Wildman–Crippen MR) is 99.3 cm³/mol. The summed E-state index contributed by atoms with van der Waals surface area (Å²) >= 11 is 1.32. The number of carbonyl (C=O) groups excluding carboxylic acids is 1. The molecule has 0 saturated heterocycles. The summed E-state index contributed by atoms with van der Waals surface area (Å²) in [5, 5.41) is 12.5. The molecule has 0 aliphatic carbocycles. The maximum absolute atomic E-state index is 12.4. The van der Waals surface area contributed by atoms with Crippen molar-refractivity contribution in [1.29, 1.82) is 0 Å². The Balaban J connectivity index is 1.67. The summed E-state index contributed by atoms with van der Waals surface area (Å²) in [6.07, 6.45) is 0. The van der Waals surface area contributed by atoms with Crippen LogP contribution in [0.15, 0.2) is 39.9 Å². The zero-order valence-electron chi connectivity index (χ0n) is 15.3. The highest BCUT2D eigenvalue weighted by atomic mass is 32.2. The van der Waals surface area contributed by atoms with Gasteiger partial charge in [-0.15, -0.1) is 5.10 Å². The molecule has 7 nitrogen and oxygen atoms in total. The van der Waals surface area contributed by atoms with Crippen LogP contribution in [0.3, 0.4) is 0 Å². The molecule has 0 radical (unpaired) electrons. The second kappa shape index (κ2) is 7.74. The molecule has 0 atom stereocenters. The first-order chi connectivity index (χ1) is 12.5. The van der Waals surface area contributed by atoms with Crippen molar-refractivity contribution in [3.8, 4) is 5.69 Å². The fraction of sp³-hybridized carbons (Fsp3) is 0.333. The van der Waals surface area contributed by atoms with Gasteiger partial charge in [0.15, 0.2) is 0 Å². The molecule has 3 aromatic rings. The molecule has 3 rings (SSSR count). The molecule has 8 heteroatoms. The van der Waals surface area contributed by atoms with Gasteiger partial charge in [0.05, 0.1) is 18.0 Å². The molecule has 0 fully saturated rings. The van der Waals surface area contributed by atoms with Crippen LogP contribution in [0, 0.1) is 20.8 Å². The second-order valence-corrected chi connectivity index (χ2v) is 7.11. The van der Waals surface area contributed by atoms with Crippen molar-refractivity contribution in [2.45, 2.75) is 32.5 Å². The standard InChI is InChI=1S/C18H21N5O2S/c1-12-6-5-7-13(2)17(12)23-18(19-20-21-23)26-11-16(24)22(4)10-15-9-8-14(3)25-15/h5-9H,10-11H2,1-4H3. The van der Waals surface area contributed by atoms with Gasteiger partial charge < -0.3 is 9.32 Å². The molecule has 0 unspecified atom stereocenters. The molecule has 0 aliphatic rings. The number of aryl methyl sites for hydroxylation is 3. The number of hydrogen-bond acceptors (Lipinski definition) is 6. The molecule has 26 heavy (non-hydrogen) atoms. The van der Waals surface area contributed by atoms with E-state index in [1.54, 1.807) is 16.6 Å². The molecule has 1 aromatic carbocycles. The van der Waals surface area contributed by atoms with E-state index in [-0.39, 0.29) is 11.7 Å². The lowest BCUT2D eigenvalue weighted by molar-refractivity contribution is -0.127. The lowest BCUT2D eigenvalue weighted by atomic mass is 10.1. The summed E-state index contributed by atoms with van der Waals surface area (Å²) in [7, 11) is 1.76. The Kier molecular flexibility index (Phi) is 5.41. The first kappa shape index (κ1) is 18.2. The number of aromatic nitrogens is 4. The average molecular weight is 371 g/mol. The molecule has 1 amide bonds. The minimum absolute atomic E-state index is 0.0138. The van der Waals surface area contributed by atoms with Crippen LogP contribution < -0.4 is 0 Å². The van der Waals surface area contributed by atoms with Crippen molar-refractivity contribution in [1.82, 2.24) is 25.1 Å². The summed E-state index contributed by atoms with van der Waals surface area (Å²) in [6, 6.07) is 9.81. The molecule has 2 heterocycles. The van der Waals surface area contributed by atoms with Gasteiger partial charge in [-0.25, -0.2) is 0 Å². The number of amides is 1. The number of benzene rings is 1. The number of furan rings is 1. The van der Waals surface area contributed by atoms with Crippen molar-refractivity contribution in [2.24, 2.45) is 0 Å². The first-order valence-corrected chi connectivity index (χ1v) is 9.21. The van der Waals surface area contributed by atoms with Gasteiger partial charge in [-0.2, -0.15) is 4.68 Å². The molecule has 136 valence electrons. The van der Waals surface area contributed by atoms with E-state index in [9.17, 15) is 4.79 Å². The summed E-state index contributed by atoms with van der Waals surface area (Å²) < 4.78 is 7.21.